The van der Waals surface area contributed by atoms with E-state index in [4.69, 9.17) is 9.97 Å². The van der Waals surface area contributed by atoms with E-state index in [0.29, 0.717) is 46.5 Å². The molecule has 0 unspecified atom stereocenters. The van der Waals surface area contributed by atoms with Crippen molar-refractivity contribution >= 4 is 39.0 Å². The summed E-state index contributed by atoms with van der Waals surface area (Å²) in [6, 6.07) is 25.9. The Labute approximate surface area is 255 Å². The molecule has 0 amide bonds. The Kier molecular flexibility index (Phi) is 9.52. The molecule has 0 radical (unpaired) electrons. The first-order valence-corrected chi connectivity index (χ1v) is 15.3. The minimum Gasteiger partial charge on any atom is -0.369 e. The quantitative estimate of drug-likeness (QED) is 0.103. The van der Waals surface area contributed by atoms with Crippen molar-refractivity contribution in [1.82, 2.24) is 19.7 Å². The number of rotatable bonds is 12. The highest BCUT2D eigenvalue weighted by molar-refractivity contribution is 7.89. The molecule has 10 nitrogen and oxygen atoms in total. The first kappa shape index (κ1) is 30.3. The maximum Gasteiger partial charge on any atom is 0.240 e. The van der Waals surface area contributed by atoms with Crippen LogP contribution in [0.25, 0.3) is 11.1 Å². The number of sulfonamides is 1. The monoisotopic (exact) mass is 610 g/mol. The molecule has 0 saturated heterocycles. The Morgan fingerprint density at radius 1 is 0.864 bits per heavy atom. The van der Waals surface area contributed by atoms with Crippen LogP contribution in [0.4, 0.5) is 27.7 Å². The number of para-hydroxylation sites is 1. The van der Waals surface area contributed by atoms with E-state index in [9.17, 15) is 12.8 Å². The second-order valence-corrected chi connectivity index (χ2v) is 11.6. The summed E-state index contributed by atoms with van der Waals surface area (Å²) in [5.41, 5.74) is 7.57. The van der Waals surface area contributed by atoms with Crippen LogP contribution in [0, 0.1) is 5.82 Å². The van der Waals surface area contributed by atoms with E-state index in [-0.39, 0.29) is 10.7 Å². The SMILES string of the molecule is CNS(=O)(=O)c1ccc(C(C)=NNc2nc(Nc3ccccc3)nc(NCCc3ccncc3)c2-c2ccc(F)cc2)cc1. The van der Waals surface area contributed by atoms with Crippen molar-refractivity contribution in [2.75, 3.05) is 29.7 Å². The number of pyridine rings is 1. The molecule has 4 N–H and O–H groups in total. The summed E-state index contributed by atoms with van der Waals surface area (Å²) >= 11 is 0. The highest BCUT2D eigenvalue weighted by atomic mass is 32.2. The summed E-state index contributed by atoms with van der Waals surface area (Å²) in [5.74, 6) is 0.864. The van der Waals surface area contributed by atoms with Crippen LogP contribution in [-0.4, -0.2) is 42.7 Å². The number of nitrogens with zero attached hydrogens (tertiary/aromatic N) is 4. The third-order valence-electron chi connectivity index (χ3n) is 6.71. The molecule has 0 saturated carbocycles. The number of nitrogens with one attached hydrogen (secondary N) is 4. The molecule has 0 aliphatic heterocycles. The number of halogens is 1. The Morgan fingerprint density at radius 3 is 2.23 bits per heavy atom. The number of anilines is 4. The molecular formula is C32H31FN8O2S. The summed E-state index contributed by atoms with van der Waals surface area (Å²) < 4.78 is 40.5. The minimum atomic E-state index is -3.56. The number of benzene rings is 3. The van der Waals surface area contributed by atoms with Crippen LogP contribution in [0.2, 0.25) is 0 Å². The molecule has 2 aromatic heterocycles. The summed E-state index contributed by atoms with van der Waals surface area (Å²) in [4.78, 5) is 13.8. The van der Waals surface area contributed by atoms with Crippen molar-refractivity contribution in [2.45, 2.75) is 18.2 Å². The van der Waals surface area contributed by atoms with Crippen LogP contribution in [0.5, 0.6) is 0 Å². The molecule has 12 heteroatoms. The van der Waals surface area contributed by atoms with Crippen molar-refractivity contribution in [3.8, 4) is 11.1 Å². The molecule has 0 aliphatic rings. The first-order valence-electron chi connectivity index (χ1n) is 13.8. The zero-order valence-electron chi connectivity index (χ0n) is 24.1. The van der Waals surface area contributed by atoms with Gasteiger partial charge < -0.3 is 10.6 Å². The van der Waals surface area contributed by atoms with E-state index < -0.39 is 10.0 Å². The molecule has 0 spiro atoms. The zero-order chi connectivity index (χ0) is 30.9. The van der Waals surface area contributed by atoms with E-state index >= 15 is 0 Å². The number of hydrogen-bond donors (Lipinski definition) is 4. The van der Waals surface area contributed by atoms with Crippen molar-refractivity contribution in [3.05, 3.63) is 120 Å². The van der Waals surface area contributed by atoms with Crippen molar-refractivity contribution in [3.63, 3.8) is 0 Å². The summed E-state index contributed by atoms with van der Waals surface area (Å²) in [7, 11) is -2.20. The molecule has 0 bridgehead atoms. The molecule has 224 valence electrons. The van der Waals surface area contributed by atoms with Gasteiger partial charge in [0, 0.05) is 24.6 Å². The third-order valence-corrected chi connectivity index (χ3v) is 8.14. The molecule has 0 fully saturated rings. The van der Waals surface area contributed by atoms with Gasteiger partial charge in [0.25, 0.3) is 0 Å². The second kappa shape index (κ2) is 13.8. The Bertz CT molecular complexity index is 1840. The van der Waals surface area contributed by atoms with Crippen LogP contribution in [0.3, 0.4) is 0 Å². The molecule has 0 aliphatic carbocycles. The van der Waals surface area contributed by atoms with Gasteiger partial charge in [-0.05, 0) is 85.6 Å². The van der Waals surface area contributed by atoms with Crippen molar-refractivity contribution < 1.29 is 12.8 Å². The van der Waals surface area contributed by atoms with Gasteiger partial charge in [0.15, 0.2) is 5.82 Å². The average molecular weight is 611 g/mol. The van der Waals surface area contributed by atoms with Gasteiger partial charge in [-0.3, -0.25) is 10.4 Å². The van der Waals surface area contributed by atoms with E-state index in [1.165, 1.54) is 31.3 Å². The highest BCUT2D eigenvalue weighted by Crippen LogP contribution is 2.35. The van der Waals surface area contributed by atoms with E-state index in [1.54, 1.807) is 43.6 Å². The largest absolute Gasteiger partial charge is 0.369 e. The lowest BCUT2D eigenvalue weighted by Gasteiger charge is -2.17. The van der Waals surface area contributed by atoms with Gasteiger partial charge in [0.1, 0.15) is 11.6 Å². The fourth-order valence-corrected chi connectivity index (χ4v) is 5.07. The molecule has 5 rings (SSSR count). The van der Waals surface area contributed by atoms with Gasteiger partial charge in [-0.2, -0.15) is 15.1 Å². The normalized spacial score (nSPS) is 11.7. The number of hydrazone groups is 1. The maximum atomic E-state index is 13.9. The molecule has 44 heavy (non-hydrogen) atoms. The zero-order valence-corrected chi connectivity index (χ0v) is 24.9. The molecular weight excluding hydrogens is 579 g/mol. The van der Waals surface area contributed by atoms with Crippen LogP contribution >= 0.6 is 0 Å². The standard InChI is InChI=1S/C32H31FN8O2S/c1-22(24-10-14-28(15-11-24)44(42,43)34-2)40-41-31-29(25-8-12-26(33)13-9-25)30(36-21-18-23-16-19-35-20-17-23)38-32(39-31)37-27-6-4-3-5-7-27/h3-17,19-20,34H,18,21H2,1-2H3,(H3,36,37,38,39,41). The molecule has 3 aromatic carbocycles. The van der Waals surface area contributed by atoms with E-state index in [0.717, 1.165) is 17.7 Å². The van der Waals surface area contributed by atoms with Crippen LogP contribution < -0.4 is 20.8 Å². The van der Waals surface area contributed by atoms with Gasteiger partial charge >= 0.3 is 0 Å². The lowest BCUT2D eigenvalue weighted by atomic mass is 10.1. The van der Waals surface area contributed by atoms with Gasteiger partial charge in [-0.25, -0.2) is 17.5 Å². The van der Waals surface area contributed by atoms with E-state index in [1.807, 2.05) is 42.5 Å². The lowest BCUT2D eigenvalue weighted by molar-refractivity contribution is 0.588. The maximum absolute atomic E-state index is 13.9. The summed E-state index contributed by atoms with van der Waals surface area (Å²) in [6.45, 7) is 2.36. The van der Waals surface area contributed by atoms with Crippen LogP contribution in [0.1, 0.15) is 18.1 Å². The number of aromatic nitrogens is 3. The van der Waals surface area contributed by atoms with Gasteiger partial charge in [0.2, 0.25) is 16.0 Å². The Balaban J connectivity index is 1.53. The van der Waals surface area contributed by atoms with Crippen LogP contribution in [0.15, 0.2) is 113 Å². The smallest absolute Gasteiger partial charge is 0.240 e. The molecule has 2 heterocycles. The molecule has 0 atom stereocenters. The van der Waals surface area contributed by atoms with Crippen LogP contribution in [-0.2, 0) is 16.4 Å². The minimum absolute atomic E-state index is 0.151. The topological polar surface area (TPSA) is 133 Å². The van der Waals surface area contributed by atoms with Crippen molar-refractivity contribution in [2.24, 2.45) is 5.10 Å². The Morgan fingerprint density at radius 2 is 1.55 bits per heavy atom. The Hall–Kier alpha value is -5.20. The lowest BCUT2D eigenvalue weighted by Crippen LogP contribution is -2.18. The van der Waals surface area contributed by atoms with Gasteiger partial charge in [-0.1, -0.05) is 42.5 Å². The van der Waals surface area contributed by atoms with E-state index in [2.05, 4.69) is 30.9 Å². The fourth-order valence-electron chi connectivity index (χ4n) is 4.34. The second-order valence-electron chi connectivity index (χ2n) is 9.69. The summed E-state index contributed by atoms with van der Waals surface area (Å²) in [6.07, 6.45) is 4.22. The van der Waals surface area contributed by atoms with Gasteiger partial charge in [0.05, 0.1) is 16.2 Å². The first-order chi connectivity index (χ1) is 21.3. The van der Waals surface area contributed by atoms with Gasteiger partial charge in [-0.15, -0.1) is 0 Å². The summed E-state index contributed by atoms with van der Waals surface area (Å²) in [5, 5.41) is 11.2. The predicted octanol–water partition coefficient (Wildman–Crippen LogP) is 5.82. The average Bonchev–Trinajstić information content (AvgIpc) is 3.05. The number of hydrogen-bond acceptors (Lipinski definition) is 9. The fraction of sp³-hybridized carbons (Fsp3) is 0.125. The van der Waals surface area contributed by atoms with Crippen molar-refractivity contribution in [1.29, 1.82) is 0 Å². The highest BCUT2D eigenvalue weighted by Gasteiger charge is 2.18. The third kappa shape index (κ3) is 7.60. The molecule has 5 aromatic rings. The predicted molar refractivity (Wildman–Crippen MR) is 172 cm³/mol.